The Morgan fingerprint density at radius 3 is 2.94 bits per heavy atom. The van der Waals surface area contributed by atoms with Crippen LogP contribution in [0, 0.1) is 0 Å². The SMILES string of the molecule is CCNC(C)c1cccnc1OCCCOC. The first-order valence-corrected chi connectivity index (χ1v) is 6.09. The highest BCUT2D eigenvalue weighted by Gasteiger charge is 2.11. The summed E-state index contributed by atoms with van der Waals surface area (Å²) in [6, 6.07) is 4.24. The fourth-order valence-corrected chi connectivity index (χ4v) is 1.64. The molecular weight excluding hydrogens is 216 g/mol. The molecule has 0 amide bonds. The summed E-state index contributed by atoms with van der Waals surface area (Å²) in [5.41, 5.74) is 1.10. The number of methoxy groups -OCH3 is 1. The maximum atomic E-state index is 5.68. The van der Waals surface area contributed by atoms with Crippen molar-refractivity contribution in [2.24, 2.45) is 0 Å². The zero-order valence-electron chi connectivity index (χ0n) is 10.9. The molecule has 4 heteroatoms. The number of ether oxygens (including phenoxy) is 2. The normalized spacial score (nSPS) is 12.4. The third-order valence-corrected chi connectivity index (χ3v) is 2.51. The Hall–Kier alpha value is -1.13. The van der Waals surface area contributed by atoms with Gasteiger partial charge in [-0.15, -0.1) is 0 Å². The van der Waals surface area contributed by atoms with Gasteiger partial charge in [-0.05, 0) is 19.5 Å². The fourth-order valence-electron chi connectivity index (χ4n) is 1.64. The second-order valence-corrected chi connectivity index (χ2v) is 3.87. The summed E-state index contributed by atoms with van der Waals surface area (Å²) < 4.78 is 10.7. The average Bonchev–Trinajstić information content (AvgIpc) is 2.35. The predicted molar refractivity (Wildman–Crippen MR) is 68.3 cm³/mol. The highest BCUT2D eigenvalue weighted by atomic mass is 16.5. The number of nitrogens with zero attached hydrogens (tertiary/aromatic N) is 1. The molecule has 17 heavy (non-hydrogen) atoms. The molecule has 0 saturated heterocycles. The minimum Gasteiger partial charge on any atom is -0.477 e. The summed E-state index contributed by atoms with van der Waals surface area (Å²) >= 11 is 0. The van der Waals surface area contributed by atoms with E-state index in [1.165, 1.54) is 0 Å². The molecule has 0 fully saturated rings. The van der Waals surface area contributed by atoms with Gasteiger partial charge in [0.1, 0.15) is 0 Å². The molecule has 0 aliphatic carbocycles. The van der Waals surface area contributed by atoms with Gasteiger partial charge in [-0.2, -0.15) is 0 Å². The largest absolute Gasteiger partial charge is 0.477 e. The quantitative estimate of drug-likeness (QED) is 0.705. The molecule has 0 bridgehead atoms. The van der Waals surface area contributed by atoms with E-state index in [9.17, 15) is 0 Å². The van der Waals surface area contributed by atoms with Crippen LogP contribution in [0.3, 0.4) is 0 Å². The van der Waals surface area contributed by atoms with Gasteiger partial charge in [0.05, 0.1) is 6.61 Å². The molecule has 4 nitrogen and oxygen atoms in total. The van der Waals surface area contributed by atoms with Gasteiger partial charge in [-0.3, -0.25) is 0 Å². The summed E-state index contributed by atoms with van der Waals surface area (Å²) in [5.74, 6) is 0.719. The van der Waals surface area contributed by atoms with Gasteiger partial charge in [0.2, 0.25) is 5.88 Å². The van der Waals surface area contributed by atoms with Crippen LogP contribution in [0.25, 0.3) is 0 Å². The number of nitrogens with one attached hydrogen (secondary N) is 1. The third kappa shape index (κ3) is 4.71. The predicted octanol–water partition coefficient (Wildman–Crippen LogP) is 2.17. The minimum atomic E-state index is 0.256. The number of hydrogen-bond donors (Lipinski definition) is 1. The van der Waals surface area contributed by atoms with Crippen molar-refractivity contribution >= 4 is 0 Å². The first-order chi connectivity index (χ1) is 8.29. The Balaban J connectivity index is 2.57. The topological polar surface area (TPSA) is 43.4 Å². The van der Waals surface area contributed by atoms with Crippen LogP contribution in [0.15, 0.2) is 18.3 Å². The van der Waals surface area contributed by atoms with Gasteiger partial charge in [-0.25, -0.2) is 4.98 Å². The molecule has 1 heterocycles. The Kier molecular flexibility index (Phi) is 6.58. The molecular formula is C13H22N2O2. The highest BCUT2D eigenvalue weighted by molar-refractivity contribution is 5.28. The van der Waals surface area contributed by atoms with Gasteiger partial charge < -0.3 is 14.8 Å². The monoisotopic (exact) mass is 238 g/mol. The molecule has 1 aromatic rings. The lowest BCUT2D eigenvalue weighted by Gasteiger charge is -2.16. The first-order valence-electron chi connectivity index (χ1n) is 6.09. The zero-order valence-corrected chi connectivity index (χ0v) is 10.9. The van der Waals surface area contributed by atoms with Crippen LogP contribution < -0.4 is 10.1 Å². The summed E-state index contributed by atoms with van der Waals surface area (Å²) in [7, 11) is 1.69. The van der Waals surface area contributed by atoms with E-state index in [0.717, 1.165) is 24.4 Å². The Bertz CT molecular complexity index is 318. The van der Waals surface area contributed by atoms with Crippen molar-refractivity contribution in [3.63, 3.8) is 0 Å². The van der Waals surface area contributed by atoms with Crippen molar-refractivity contribution < 1.29 is 9.47 Å². The second kappa shape index (κ2) is 8.03. The summed E-state index contributed by atoms with van der Waals surface area (Å²) in [6.45, 7) is 6.48. The van der Waals surface area contributed by atoms with E-state index in [1.807, 2.05) is 12.1 Å². The second-order valence-electron chi connectivity index (χ2n) is 3.87. The zero-order chi connectivity index (χ0) is 12.5. The first kappa shape index (κ1) is 13.9. The van der Waals surface area contributed by atoms with Crippen molar-refractivity contribution in [1.29, 1.82) is 0 Å². The van der Waals surface area contributed by atoms with E-state index in [0.29, 0.717) is 13.2 Å². The molecule has 0 saturated carbocycles. The van der Waals surface area contributed by atoms with Crippen molar-refractivity contribution in [3.05, 3.63) is 23.9 Å². The molecule has 0 radical (unpaired) electrons. The molecule has 0 aliphatic heterocycles. The smallest absolute Gasteiger partial charge is 0.218 e. The standard InChI is InChI=1S/C13H22N2O2/c1-4-14-11(2)12-7-5-8-15-13(12)17-10-6-9-16-3/h5,7-8,11,14H,4,6,9-10H2,1-3H3. The third-order valence-electron chi connectivity index (χ3n) is 2.51. The molecule has 0 aliphatic rings. The average molecular weight is 238 g/mol. The van der Waals surface area contributed by atoms with Crippen LogP contribution in [0.1, 0.15) is 31.9 Å². The van der Waals surface area contributed by atoms with E-state index < -0.39 is 0 Å². The molecule has 1 rings (SSSR count). The van der Waals surface area contributed by atoms with Crippen LogP contribution in [-0.2, 0) is 4.74 Å². The Labute approximate surface area is 103 Å². The summed E-state index contributed by atoms with van der Waals surface area (Å²) in [5, 5.41) is 3.36. The van der Waals surface area contributed by atoms with Crippen molar-refractivity contribution in [2.45, 2.75) is 26.3 Å². The molecule has 1 N–H and O–H groups in total. The van der Waals surface area contributed by atoms with E-state index in [4.69, 9.17) is 9.47 Å². The van der Waals surface area contributed by atoms with Gasteiger partial charge in [-0.1, -0.05) is 13.0 Å². The lowest BCUT2D eigenvalue weighted by Crippen LogP contribution is -2.19. The van der Waals surface area contributed by atoms with E-state index in [2.05, 4.69) is 24.1 Å². The lowest BCUT2D eigenvalue weighted by atomic mass is 10.1. The minimum absolute atomic E-state index is 0.256. The molecule has 1 atom stereocenters. The summed E-state index contributed by atoms with van der Waals surface area (Å²) in [6.07, 6.45) is 2.63. The van der Waals surface area contributed by atoms with Gasteiger partial charge in [0, 0.05) is 37.9 Å². The Morgan fingerprint density at radius 2 is 2.24 bits per heavy atom. The number of aromatic nitrogens is 1. The van der Waals surface area contributed by atoms with Gasteiger partial charge >= 0.3 is 0 Å². The van der Waals surface area contributed by atoms with Crippen molar-refractivity contribution in [1.82, 2.24) is 10.3 Å². The van der Waals surface area contributed by atoms with Gasteiger partial charge in [0.25, 0.3) is 0 Å². The maximum Gasteiger partial charge on any atom is 0.218 e. The van der Waals surface area contributed by atoms with Crippen LogP contribution in [0.5, 0.6) is 5.88 Å². The van der Waals surface area contributed by atoms with Crippen LogP contribution >= 0.6 is 0 Å². The molecule has 0 spiro atoms. The van der Waals surface area contributed by atoms with E-state index >= 15 is 0 Å². The molecule has 0 aromatic carbocycles. The number of rotatable bonds is 8. The number of pyridine rings is 1. The van der Waals surface area contributed by atoms with Crippen LogP contribution in [0.2, 0.25) is 0 Å². The van der Waals surface area contributed by atoms with E-state index in [-0.39, 0.29) is 6.04 Å². The van der Waals surface area contributed by atoms with Crippen molar-refractivity contribution in [2.75, 3.05) is 26.9 Å². The van der Waals surface area contributed by atoms with E-state index in [1.54, 1.807) is 13.3 Å². The van der Waals surface area contributed by atoms with Crippen LogP contribution in [0.4, 0.5) is 0 Å². The van der Waals surface area contributed by atoms with Crippen molar-refractivity contribution in [3.8, 4) is 5.88 Å². The number of hydrogen-bond acceptors (Lipinski definition) is 4. The lowest BCUT2D eigenvalue weighted by molar-refractivity contribution is 0.170. The highest BCUT2D eigenvalue weighted by Crippen LogP contribution is 2.22. The fraction of sp³-hybridized carbons (Fsp3) is 0.615. The maximum absolute atomic E-state index is 5.68. The van der Waals surface area contributed by atoms with Crippen LogP contribution in [-0.4, -0.2) is 31.9 Å². The Morgan fingerprint density at radius 1 is 1.41 bits per heavy atom. The summed E-state index contributed by atoms with van der Waals surface area (Å²) in [4.78, 5) is 4.28. The molecule has 1 aromatic heterocycles. The van der Waals surface area contributed by atoms with Gasteiger partial charge in [0.15, 0.2) is 0 Å². The molecule has 96 valence electrons. The molecule has 1 unspecified atom stereocenters.